The number of aromatic nitrogens is 2. The number of hydrogen-bond acceptors (Lipinski definition) is 9. The van der Waals surface area contributed by atoms with Crippen LogP contribution in [0, 0.1) is 5.92 Å². The van der Waals surface area contributed by atoms with Gasteiger partial charge in [0.05, 0.1) is 26.4 Å². The highest BCUT2D eigenvalue weighted by atomic mass is 35.5. The summed E-state index contributed by atoms with van der Waals surface area (Å²) in [6.45, 7) is 3.18. The Balaban J connectivity index is 1.08. The molecule has 0 radical (unpaired) electrons. The lowest BCUT2D eigenvalue weighted by molar-refractivity contribution is -0.142. The molecule has 2 atom stereocenters. The molecular formula is C30H34Cl2N6O3S2. The van der Waals surface area contributed by atoms with E-state index in [-0.39, 0.29) is 11.8 Å². The van der Waals surface area contributed by atoms with Crippen molar-refractivity contribution in [1.82, 2.24) is 14.9 Å². The van der Waals surface area contributed by atoms with E-state index in [1.54, 1.807) is 17.4 Å². The topological polar surface area (TPSA) is 102 Å². The van der Waals surface area contributed by atoms with Gasteiger partial charge in [-0.25, -0.2) is 9.97 Å². The Labute approximate surface area is 268 Å². The molecule has 43 heavy (non-hydrogen) atoms. The highest BCUT2D eigenvalue weighted by molar-refractivity contribution is 7.21. The number of thiazole rings is 1. The maximum absolute atomic E-state index is 13.3. The summed E-state index contributed by atoms with van der Waals surface area (Å²) in [6.07, 6.45) is 10.5. The number of fused-ring (bicyclic) bond motifs is 2. The van der Waals surface area contributed by atoms with Crippen LogP contribution in [0.4, 0.5) is 16.0 Å². The van der Waals surface area contributed by atoms with Crippen molar-refractivity contribution in [1.29, 1.82) is 0 Å². The van der Waals surface area contributed by atoms with E-state index in [1.807, 2.05) is 16.3 Å². The number of hydrogen-bond donors (Lipinski definition) is 2. The van der Waals surface area contributed by atoms with Crippen LogP contribution in [0.3, 0.4) is 0 Å². The monoisotopic (exact) mass is 660 g/mol. The molecule has 1 aliphatic carbocycles. The first kappa shape index (κ1) is 29.3. The van der Waals surface area contributed by atoms with E-state index in [0.717, 1.165) is 34.7 Å². The average Bonchev–Trinajstić information content (AvgIpc) is 3.81. The largest absolute Gasteiger partial charge is 0.481 e. The molecule has 3 saturated heterocycles. The van der Waals surface area contributed by atoms with Crippen LogP contribution in [0.1, 0.15) is 61.7 Å². The third-order valence-corrected chi connectivity index (χ3v) is 12.0. The molecule has 13 heteroatoms. The number of aliphatic carboxylic acids is 1. The number of carboxylic acid groups (broad SMARTS) is 1. The Kier molecular flexibility index (Phi) is 8.28. The highest BCUT2D eigenvalue weighted by Crippen LogP contribution is 2.47. The molecule has 0 spiro atoms. The Bertz CT molecular complexity index is 1520. The Morgan fingerprint density at radius 2 is 1.79 bits per heavy atom. The number of nitrogens with zero attached hydrogens (tertiary/aromatic N) is 5. The predicted molar refractivity (Wildman–Crippen MR) is 173 cm³/mol. The molecule has 7 rings (SSSR count). The number of anilines is 3. The number of pyridine rings is 1. The summed E-state index contributed by atoms with van der Waals surface area (Å²) in [6, 6.07) is 5.30. The fraction of sp³-hybridized carbons (Fsp3) is 0.533. The quantitative estimate of drug-likeness (QED) is 0.288. The van der Waals surface area contributed by atoms with Crippen LogP contribution in [-0.2, 0) is 4.79 Å². The first-order valence-electron chi connectivity index (χ1n) is 15.1. The van der Waals surface area contributed by atoms with Gasteiger partial charge in [0, 0.05) is 55.9 Å². The zero-order valence-electron chi connectivity index (χ0n) is 23.7. The number of piperazine rings is 1. The number of thiophene rings is 1. The molecule has 0 aromatic carbocycles. The number of rotatable bonds is 7. The Morgan fingerprint density at radius 1 is 1.00 bits per heavy atom. The summed E-state index contributed by atoms with van der Waals surface area (Å²) in [5.41, 5.74) is 1.21. The van der Waals surface area contributed by atoms with Crippen LogP contribution in [0.25, 0.3) is 10.6 Å². The Morgan fingerprint density at radius 3 is 2.44 bits per heavy atom. The second-order valence-electron chi connectivity index (χ2n) is 12.1. The molecule has 9 nitrogen and oxygen atoms in total. The van der Waals surface area contributed by atoms with Gasteiger partial charge in [-0.2, -0.15) is 0 Å². The first-order chi connectivity index (χ1) is 20.8. The van der Waals surface area contributed by atoms with Gasteiger partial charge < -0.3 is 14.9 Å². The molecule has 3 aliphatic heterocycles. The van der Waals surface area contributed by atoms with Gasteiger partial charge in [0.2, 0.25) is 0 Å². The van der Waals surface area contributed by atoms with Gasteiger partial charge in [0.15, 0.2) is 5.13 Å². The van der Waals surface area contributed by atoms with Crippen molar-refractivity contribution in [3.63, 3.8) is 0 Å². The molecule has 2 N–H and O–H groups in total. The molecular weight excluding hydrogens is 627 g/mol. The van der Waals surface area contributed by atoms with E-state index in [9.17, 15) is 14.7 Å². The van der Waals surface area contributed by atoms with Gasteiger partial charge in [-0.15, -0.1) is 11.3 Å². The van der Waals surface area contributed by atoms with Gasteiger partial charge in [-0.1, -0.05) is 53.8 Å². The van der Waals surface area contributed by atoms with Crippen molar-refractivity contribution in [2.75, 3.05) is 41.3 Å². The third-order valence-electron chi connectivity index (χ3n) is 9.45. The molecule has 6 heterocycles. The number of carboxylic acids is 1. The minimum Gasteiger partial charge on any atom is -0.481 e. The molecule has 3 aromatic rings. The van der Waals surface area contributed by atoms with Crippen LogP contribution in [-0.4, -0.2) is 76.2 Å². The lowest BCUT2D eigenvalue weighted by atomic mass is 9.93. The van der Waals surface area contributed by atoms with Crippen molar-refractivity contribution >= 4 is 73.7 Å². The van der Waals surface area contributed by atoms with Crippen LogP contribution in [0.2, 0.25) is 10.0 Å². The van der Waals surface area contributed by atoms with E-state index < -0.39 is 5.97 Å². The molecule has 4 aliphatic rings. The van der Waals surface area contributed by atoms with Crippen molar-refractivity contribution in [2.45, 2.75) is 69.5 Å². The zero-order chi connectivity index (χ0) is 29.7. The number of piperidine rings is 1. The van der Waals surface area contributed by atoms with Crippen molar-refractivity contribution in [3.8, 4) is 10.6 Å². The first-order valence-corrected chi connectivity index (χ1v) is 17.5. The lowest BCUT2D eigenvalue weighted by Gasteiger charge is -2.40. The van der Waals surface area contributed by atoms with Crippen LogP contribution in [0.5, 0.6) is 0 Å². The number of carbonyl (C=O) groups is 2. The van der Waals surface area contributed by atoms with E-state index in [4.69, 9.17) is 28.2 Å². The summed E-state index contributed by atoms with van der Waals surface area (Å²) in [7, 11) is 0. The van der Waals surface area contributed by atoms with E-state index >= 15 is 0 Å². The van der Waals surface area contributed by atoms with Crippen LogP contribution < -0.4 is 15.1 Å². The second kappa shape index (κ2) is 12.2. The van der Waals surface area contributed by atoms with Gasteiger partial charge >= 0.3 is 5.97 Å². The summed E-state index contributed by atoms with van der Waals surface area (Å²) in [4.78, 5) is 42.3. The lowest BCUT2D eigenvalue weighted by Crippen LogP contribution is -2.50. The molecule has 228 valence electrons. The fourth-order valence-electron chi connectivity index (χ4n) is 7.26. The normalized spacial score (nSPS) is 23.3. The van der Waals surface area contributed by atoms with E-state index in [1.165, 1.54) is 56.1 Å². The molecule has 4 fully saturated rings. The number of amides is 1. The van der Waals surface area contributed by atoms with Gasteiger partial charge in [-0.05, 0) is 44.2 Å². The number of likely N-dealkylation sites (tertiary alicyclic amines) is 1. The molecule has 2 unspecified atom stereocenters. The van der Waals surface area contributed by atoms with E-state index in [0.29, 0.717) is 64.6 Å². The van der Waals surface area contributed by atoms with Crippen LogP contribution in [0.15, 0.2) is 23.7 Å². The molecule has 1 saturated carbocycles. The minimum atomic E-state index is -0.764. The average molecular weight is 662 g/mol. The van der Waals surface area contributed by atoms with Crippen molar-refractivity contribution in [2.24, 2.45) is 5.92 Å². The van der Waals surface area contributed by atoms with Gasteiger partial charge in [-0.3, -0.25) is 19.8 Å². The fourth-order valence-corrected chi connectivity index (χ4v) is 9.73. The number of carbonyl (C=O) groups excluding carboxylic acids is 1. The molecule has 1 amide bonds. The SMILES string of the molecule is O=C(Nc1nc(-c2cc(Cl)cs2)c(N2CC3CC2CN3C2CCCCC2)s1)c1cnc(N2CCC(C(=O)O)CC2)c(Cl)c1. The molecule has 3 aromatic heterocycles. The standard InChI is InChI=1S/C30H34Cl2N6O3S2/c31-19-11-24(42-16-19)25-28(38-15-21-12-22(38)14-37(21)20-4-2-1-3-5-20)43-30(34-25)35-27(39)18-10-23(32)26(33-13-18)36-8-6-17(7-9-36)29(40)41/h10-11,13,16-17,20-22H,1-9,12,14-15H2,(H,40,41)(H,34,35,39). The van der Waals surface area contributed by atoms with E-state index in [2.05, 4.69) is 20.1 Å². The summed E-state index contributed by atoms with van der Waals surface area (Å²) in [5, 5.41) is 16.9. The maximum Gasteiger partial charge on any atom is 0.306 e. The molecule has 2 bridgehead atoms. The highest BCUT2D eigenvalue weighted by Gasteiger charge is 2.47. The maximum atomic E-state index is 13.3. The Hall–Kier alpha value is -2.44. The minimum absolute atomic E-state index is 0.326. The summed E-state index contributed by atoms with van der Waals surface area (Å²) >= 11 is 16.0. The van der Waals surface area contributed by atoms with Gasteiger partial charge in [0.25, 0.3) is 5.91 Å². The van der Waals surface area contributed by atoms with Crippen molar-refractivity contribution < 1.29 is 14.7 Å². The van der Waals surface area contributed by atoms with Crippen LogP contribution >= 0.6 is 45.9 Å². The van der Waals surface area contributed by atoms with Gasteiger partial charge in [0.1, 0.15) is 16.5 Å². The zero-order valence-corrected chi connectivity index (χ0v) is 26.8. The van der Waals surface area contributed by atoms with Crippen molar-refractivity contribution in [3.05, 3.63) is 39.3 Å². The summed E-state index contributed by atoms with van der Waals surface area (Å²) < 4.78 is 0. The summed E-state index contributed by atoms with van der Waals surface area (Å²) in [5.74, 6) is -0.861. The third kappa shape index (κ3) is 5.86. The second-order valence-corrected chi connectivity index (χ2v) is 14.8. The smallest absolute Gasteiger partial charge is 0.306 e. The number of halogens is 2. The number of nitrogens with one attached hydrogen (secondary N) is 1. The predicted octanol–water partition coefficient (Wildman–Crippen LogP) is 6.72.